The summed E-state index contributed by atoms with van der Waals surface area (Å²) in [7, 11) is 0. The summed E-state index contributed by atoms with van der Waals surface area (Å²) in [5.41, 5.74) is 17.9. The van der Waals surface area contributed by atoms with Crippen LogP contribution in [0.2, 0.25) is 0 Å². The van der Waals surface area contributed by atoms with Gasteiger partial charge in [0, 0.05) is 0 Å². The second kappa shape index (κ2) is 9.78. The lowest BCUT2D eigenvalue weighted by atomic mass is 9.87. The molecule has 0 heterocycles. The summed E-state index contributed by atoms with van der Waals surface area (Å²) in [6.45, 7) is 4.66. The molecular weight excluding hydrogens is 432 g/mol. The van der Waals surface area contributed by atoms with Gasteiger partial charge in [-0.2, -0.15) is 0 Å². The van der Waals surface area contributed by atoms with Gasteiger partial charge in [-0.3, -0.25) is 0 Å². The second-order valence-corrected chi connectivity index (χ2v) is 10.1. The Bertz CT molecular complexity index is 1350. The minimum Gasteiger partial charge on any atom is -0.0622 e. The van der Waals surface area contributed by atoms with Crippen LogP contribution in [-0.2, 0) is 12.8 Å². The zero-order valence-electron chi connectivity index (χ0n) is 21.5. The maximum absolute atomic E-state index is 2.35. The van der Waals surface area contributed by atoms with Gasteiger partial charge in [0.05, 0.1) is 0 Å². The van der Waals surface area contributed by atoms with Crippen LogP contribution in [0, 0.1) is 0 Å². The molecule has 0 saturated carbocycles. The molecule has 0 amide bonds. The normalized spacial score (nSPS) is 14.4. The SMILES string of the molecule is CCC1=C(CCC2=C(CC)Cc3cccc(-c4ccccc4)c32)c2c(cccc2-c2ccccc2)C1. The van der Waals surface area contributed by atoms with Crippen LogP contribution in [0.25, 0.3) is 33.4 Å². The standard InChI is InChI=1S/C36H34/c1-3-25-23-29-17-11-19-31(27-13-7-5-8-14-27)35(29)33(25)21-22-34-26(4-2)24-30-18-12-20-32(36(30)34)28-15-9-6-10-16-28/h5-20H,3-4,21-24H2,1-2H3. The van der Waals surface area contributed by atoms with Crippen molar-refractivity contribution >= 4 is 11.1 Å². The van der Waals surface area contributed by atoms with Crippen molar-refractivity contribution < 1.29 is 0 Å². The van der Waals surface area contributed by atoms with Crippen molar-refractivity contribution in [3.05, 3.63) is 130 Å². The van der Waals surface area contributed by atoms with Gasteiger partial charge in [-0.25, -0.2) is 0 Å². The zero-order chi connectivity index (χ0) is 24.5. The Morgan fingerprint density at radius 2 is 0.889 bits per heavy atom. The number of allylic oxidation sites excluding steroid dienone is 4. The van der Waals surface area contributed by atoms with E-state index in [2.05, 4.69) is 111 Å². The molecule has 0 radical (unpaired) electrons. The van der Waals surface area contributed by atoms with Crippen molar-refractivity contribution in [2.24, 2.45) is 0 Å². The summed E-state index contributed by atoms with van der Waals surface area (Å²) in [4.78, 5) is 0. The van der Waals surface area contributed by atoms with Crippen molar-refractivity contribution in [3.8, 4) is 22.3 Å². The van der Waals surface area contributed by atoms with Crippen LogP contribution in [-0.4, -0.2) is 0 Å². The van der Waals surface area contributed by atoms with Crippen LogP contribution in [0.1, 0.15) is 61.8 Å². The van der Waals surface area contributed by atoms with Gasteiger partial charge in [-0.05, 0) is 94.2 Å². The fourth-order valence-corrected chi connectivity index (χ4v) is 6.48. The molecule has 2 aliphatic rings. The van der Waals surface area contributed by atoms with Crippen molar-refractivity contribution in [1.82, 2.24) is 0 Å². The largest absolute Gasteiger partial charge is 0.0622 e. The summed E-state index contributed by atoms with van der Waals surface area (Å²) in [6, 6.07) is 35.7. The molecule has 0 saturated heterocycles. The third kappa shape index (κ3) is 3.95. The van der Waals surface area contributed by atoms with Gasteiger partial charge in [-0.1, -0.05) is 122 Å². The van der Waals surface area contributed by atoms with Crippen molar-refractivity contribution in [1.29, 1.82) is 0 Å². The van der Waals surface area contributed by atoms with Crippen molar-refractivity contribution in [3.63, 3.8) is 0 Å². The molecule has 0 bridgehead atoms. The lowest BCUT2D eigenvalue weighted by Gasteiger charge is -2.17. The molecule has 0 atom stereocenters. The Kier molecular flexibility index (Phi) is 6.20. The fourth-order valence-electron chi connectivity index (χ4n) is 6.48. The van der Waals surface area contributed by atoms with Crippen LogP contribution >= 0.6 is 0 Å². The lowest BCUT2D eigenvalue weighted by molar-refractivity contribution is 0.991. The molecule has 36 heavy (non-hydrogen) atoms. The quantitative estimate of drug-likeness (QED) is 0.254. The molecule has 0 aromatic heterocycles. The number of hydrogen-bond acceptors (Lipinski definition) is 0. The third-order valence-corrected chi connectivity index (χ3v) is 8.21. The van der Waals surface area contributed by atoms with E-state index in [0.717, 1.165) is 38.5 Å². The maximum Gasteiger partial charge on any atom is -0.00549 e. The van der Waals surface area contributed by atoms with Gasteiger partial charge in [0.2, 0.25) is 0 Å². The topological polar surface area (TPSA) is 0 Å². The number of fused-ring (bicyclic) bond motifs is 2. The molecule has 178 valence electrons. The van der Waals surface area contributed by atoms with Gasteiger partial charge in [0.15, 0.2) is 0 Å². The average molecular weight is 467 g/mol. The highest BCUT2D eigenvalue weighted by atomic mass is 14.3. The number of rotatable bonds is 7. The van der Waals surface area contributed by atoms with E-state index in [-0.39, 0.29) is 0 Å². The Balaban J connectivity index is 1.40. The van der Waals surface area contributed by atoms with Gasteiger partial charge in [0.25, 0.3) is 0 Å². The van der Waals surface area contributed by atoms with Gasteiger partial charge in [0.1, 0.15) is 0 Å². The molecule has 0 nitrogen and oxygen atoms in total. The first kappa shape index (κ1) is 22.8. The Morgan fingerprint density at radius 1 is 0.472 bits per heavy atom. The first-order chi connectivity index (χ1) is 17.8. The molecular formula is C36H34. The van der Waals surface area contributed by atoms with Crippen LogP contribution in [0.5, 0.6) is 0 Å². The van der Waals surface area contributed by atoms with Gasteiger partial charge in [-0.15, -0.1) is 0 Å². The predicted molar refractivity (Wildman–Crippen MR) is 155 cm³/mol. The molecule has 2 aliphatic carbocycles. The Hall–Kier alpha value is -3.64. The van der Waals surface area contributed by atoms with Gasteiger partial charge >= 0.3 is 0 Å². The minimum absolute atomic E-state index is 1.10. The molecule has 0 fully saturated rings. The minimum atomic E-state index is 1.10. The summed E-state index contributed by atoms with van der Waals surface area (Å²) in [5.74, 6) is 0. The molecule has 0 N–H and O–H groups in total. The average Bonchev–Trinajstić information content (AvgIpc) is 3.50. The first-order valence-corrected chi connectivity index (χ1v) is 13.6. The van der Waals surface area contributed by atoms with Crippen LogP contribution < -0.4 is 0 Å². The lowest BCUT2D eigenvalue weighted by Crippen LogP contribution is -1.95. The van der Waals surface area contributed by atoms with E-state index < -0.39 is 0 Å². The summed E-state index contributed by atoms with van der Waals surface area (Å²) >= 11 is 0. The molecule has 0 heteroatoms. The Labute approximate surface area is 216 Å². The van der Waals surface area contributed by atoms with Crippen molar-refractivity contribution in [2.45, 2.75) is 52.4 Å². The van der Waals surface area contributed by atoms with E-state index in [4.69, 9.17) is 0 Å². The Morgan fingerprint density at radius 3 is 1.28 bits per heavy atom. The highest BCUT2D eigenvalue weighted by Gasteiger charge is 2.27. The summed E-state index contributed by atoms with van der Waals surface area (Å²) < 4.78 is 0. The third-order valence-electron chi connectivity index (χ3n) is 8.21. The number of benzene rings is 4. The molecule has 0 unspecified atom stereocenters. The summed E-state index contributed by atoms with van der Waals surface area (Å²) in [5, 5.41) is 0. The van der Waals surface area contributed by atoms with E-state index in [1.54, 1.807) is 22.3 Å². The molecule has 4 aromatic carbocycles. The van der Waals surface area contributed by atoms with E-state index in [1.165, 1.54) is 44.5 Å². The monoisotopic (exact) mass is 466 g/mol. The highest BCUT2D eigenvalue weighted by molar-refractivity contribution is 5.91. The van der Waals surface area contributed by atoms with E-state index >= 15 is 0 Å². The van der Waals surface area contributed by atoms with Crippen molar-refractivity contribution in [2.75, 3.05) is 0 Å². The highest BCUT2D eigenvalue weighted by Crippen LogP contribution is 2.47. The predicted octanol–water partition coefficient (Wildman–Crippen LogP) is 9.94. The van der Waals surface area contributed by atoms with Crippen LogP contribution in [0.3, 0.4) is 0 Å². The van der Waals surface area contributed by atoms with Crippen LogP contribution in [0.4, 0.5) is 0 Å². The molecule has 0 aliphatic heterocycles. The van der Waals surface area contributed by atoms with E-state index in [0.29, 0.717) is 0 Å². The maximum atomic E-state index is 2.35. The molecule has 0 spiro atoms. The smallest absolute Gasteiger partial charge is 0.00549 e. The molecule has 4 aromatic rings. The van der Waals surface area contributed by atoms with E-state index in [9.17, 15) is 0 Å². The van der Waals surface area contributed by atoms with E-state index in [1.807, 2.05) is 0 Å². The fraction of sp³-hybridized carbons (Fsp3) is 0.222. The molecule has 6 rings (SSSR count). The summed E-state index contributed by atoms with van der Waals surface area (Å²) in [6.07, 6.45) is 6.69. The second-order valence-electron chi connectivity index (χ2n) is 10.1. The zero-order valence-corrected chi connectivity index (χ0v) is 21.5. The van der Waals surface area contributed by atoms with Crippen LogP contribution in [0.15, 0.2) is 108 Å². The first-order valence-electron chi connectivity index (χ1n) is 13.6. The van der Waals surface area contributed by atoms with Gasteiger partial charge < -0.3 is 0 Å². The number of hydrogen-bond donors (Lipinski definition) is 0.